The van der Waals surface area contributed by atoms with Crippen LogP contribution in [0.1, 0.15) is 62.5 Å². The van der Waals surface area contributed by atoms with Crippen LogP contribution in [0.4, 0.5) is 0 Å². The van der Waals surface area contributed by atoms with Crippen LogP contribution in [0, 0.1) is 0 Å². The van der Waals surface area contributed by atoms with Crippen molar-refractivity contribution in [1.29, 1.82) is 0 Å². The van der Waals surface area contributed by atoms with E-state index in [2.05, 4.69) is 49.5 Å². The third-order valence-corrected chi connectivity index (χ3v) is 4.02. The Morgan fingerprint density at radius 3 is 2.86 bits per heavy atom. The number of aromatic amines is 1. The molecule has 2 aromatic heterocycles. The van der Waals surface area contributed by atoms with E-state index in [-0.39, 0.29) is 6.04 Å². The Balaban J connectivity index is 1.79. The summed E-state index contributed by atoms with van der Waals surface area (Å²) in [4.78, 5) is 7.06. The Labute approximate surface area is 123 Å². The van der Waals surface area contributed by atoms with Gasteiger partial charge in [0.05, 0.1) is 12.6 Å². The summed E-state index contributed by atoms with van der Waals surface area (Å²) in [6, 6.07) is 0.274. The van der Waals surface area contributed by atoms with E-state index in [4.69, 9.17) is 0 Å². The van der Waals surface area contributed by atoms with Gasteiger partial charge >= 0.3 is 0 Å². The van der Waals surface area contributed by atoms with Gasteiger partial charge in [-0.25, -0.2) is 9.67 Å². The summed E-state index contributed by atoms with van der Waals surface area (Å²) < 4.78 is 1.73. The molecule has 0 aliphatic carbocycles. The Hall–Kier alpha value is -1.83. The lowest BCUT2D eigenvalue weighted by Gasteiger charge is -2.33. The Morgan fingerprint density at radius 2 is 2.19 bits per heavy atom. The van der Waals surface area contributed by atoms with E-state index in [1.165, 1.54) is 12.8 Å². The van der Waals surface area contributed by atoms with Gasteiger partial charge in [-0.2, -0.15) is 5.10 Å². The van der Waals surface area contributed by atoms with E-state index in [0.717, 1.165) is 37.0 Å². The van der Waals surface area contributed by atoms with Crippen LogP contribution in [0.25, 0.3) is 0 Å². The van der Waals surface area contributed by atoms with Crippen LogP contribution in [-0.4, -0.2) is 46.8 Å². The first-order chi connectivity index (χ1) is 10.1. The fourth-order valence-electron chi connectivity index (χ4n) is 2.75. The molecule has 0 radical (unpaired) electrons. The monoisotopic (exact) mass is 290 g/mol. The summed E-state index contributed by atoms with van der Waals surface area (Å²) in [7, 11) is 1.87. The molecule has 114 valence electrons. The van der Waals surface area contributed by atoms with E-state index in [0.29, 0.717) is 5.92 Å². The van der Waals surface area contributed by atoms with E-state index in [9.17, 15) is 0 Å². The van der Waals surface area contributed by atoms with Crippen molar-refractivity contribution in [3.05, 3.63) is 17.5 Å². The summed E-state index contributed by atoms with van der Waals surface area (Å²) in [5.74, 6) is 3.07. The molecule has 1 unspecified atom stereocenters. The Morgan fingerprint density at radius 1 is 1.33 bits per heavy atom. The molecular formula is C13H22N8. The highest BCUT2D eigenvalue weighted by molar-refractivity contribution is 5.02. The van der Waals surface area contributed by atoms with Crippen LogP contribution in [0.5, 0.6) is 0 Å². The number of nitrogens with one attached hydrogen (secondary N) is 1. The van der Waals surface area contributed by atoms with Gasteiger partial charge in [0, 0.05) is 13.0 Å². The number of aromatic nitrogens is 7. The zero-order valence-corrected chi connectivity index (χ0v) is 12.8. The molecule has 0 spiro atoms. The second-order valence-electron chi connectivity index (χ2n) is 5.93. The fraction of sp³-hybridized carbons (Fsp3) is 0.769. The molecule has 1 aliphatic heterocycles. The zero-order chi connectivity index (χ0) is 14.8. The van der Waals surface area contributed by atoms with Crippen LogP contribution in [0.15, 0.2) is 0 Å². The smallest absolute Gasteiger partial charge is 0.165 e. The topological polar surface area (TPSA) is 88.4 Å². The molecule has 8 heteroatoms. The van der Waals surface area contributed by atoms with Crippen LogP contribution in [0.2, 0.25) is 0 Å². The van der Waals surface area contributed by atoms with Gasteiger partial charge in [0.1, 0.15) is 5.82 Å². The van der Waals surface area contributed by atoms with E-state index in [1.54, 1.807) is 4.68 Å². The summed E-state index contributed by atoms with van der Waals surface area (Å²) in [5.41, 5.74) is 0. The number of H-pyrrole nitrogens is 1. The number of hydrogen-bond acceptors (Lipinski definition) is 6. The van der Waals surface area contributed by atoms with Gasteiger partial charge in [-0.15, -0.1) is 5.10 Å². The molecule has 1 saturated heterocycles. The van der Waals surface area contributed by atoms with Crippen molar-refractivity contribution in [3.8, 4) is 0 Å². The summed E-state index contributed by atoms with van der Waals surface area (Å²) in [6.07, 6.45) is 3.51. The quantitative estimate of drug-likeness (QED) is 0.909. The number of piperidine rings is 1. The summed E-state index contributed by atoms with van der Waals surface area (Å²) in [5, 5.41) is 19.1. The van der Waals surface area contributed by atoms with Crippen LogP contribution in [-0.2, 0) is 13.6 Å². The predicted molar refractivity (Wildman–Crippen MR) is 76.3 cm³/mol. The lowest BCUT2D eigenvalue weighted by atomic mass is 10.0. The maximum Gasteiger partial charge on any atom is 0.165 e. The van der Waals surface area contributed by atoms with Crippen molar-refractivity contribution in [1.82, 2.24) is 40.3 Å². The highest BCUT2D eigenvalue weighted by atomic mass is 15.5. The molecule has 3 heterocycles. The van der Waals surface area contributed by atoms with Crippen molar-refractivity contribution in [3.63, 3.8) is 0 Å². The predicted octanol–water partition coefficient (Wildman–Crippen LogP) is 1.18. The average Bonchev–Trinajstić information content (AvgIpc) is 3.10. The molecule has 0 bridgehead atoms. The fourth-order valence-corrected chi connectivity index (χ4v) is 2.75. The third-order valence-electron chi connectivity index (χ3n) is 4.02. The number of tetrazole rings is 1. The first-order valence-electron chi connectivity index (χ1n) is 7.52. The zero-order valence-electron chi connectivity index (χ0n) is 12.8. The van der Waals surface area contributed by atoms with Crippen molar-refractivity contribution >= 4 is 0 Å². The number of likely N-dealkylation sites (tertiary alicyclic amines) is 1. The number of aryl methyl sites for hydroxylation is 1. The molecule has 1 N–H and O–H groups in total. The lowest BCUT2D eigenvalue weighted by Crippen LogP contribution is -2.34. The minimum absolute atomic E-state index is 0.274. The molecule has 8 nitrogen and oxygen atoms in total. The van der Waals surface area contributed by atoms with Gasteiger partial charge in [0.2, 0.25) is 0 Å². The Kier molecular flexibility index (Phi) is 3.96. The van der Waals surface area contributed by atoms with Gasteiger partial charge in [0.15, 0.2) is 11.6 Å². The normalized spacial score (nSPS) is 20.3. The standard InChI is InChI=1S/C13H22N8/c1-9(2)12-14-13(17-16-12)10-6-4-5-7-21(10)8-11-15-18-19-20(11)3/h9-10H,4-8H2,1-3H3,(H,14,16,17). The molecule has 0 aromatic carbocycles. The lowest BCUT2D eigenvalue weighted by molar-refractivity contribution is 0.129. The molecule has 2 aromatic rings. The molecule has 0 saturated carbocycles. The molecule has 3 rings (SSSR count). The van der Waals surface area contributed by atoms with Gasteiger partial charge in [-0.3, -0.25) is 10.00 Å². The van der Waals surface area contributed by atoms with Gasteiger partial charge in [-0.05, 0) is 29.8 Å². The van der Waals surface area contributed by atoms with E-state index >= 15 is 0 Å². The van der Waals surface area contributed by atoms with Crippen molar-refractivity contribution in [2.45, 2.75) is 51.6 Å². The second kappa shape index (κ2) is 5.88. The summed E-state index contributed by atoms with van der Waals surface area (Å²) in [6.45, 7) is 5.99. The maximum atomic E-state index is 4.67. The Bertz CT molecular complexity index is 587. The van der Waals surface area contributed by atoms with E-state index in [1.807, 2.05) is 7.05 Å². The maximum absolute atomic E-state index is 4.67. The number of rotatable bonds is 4. The van der Waals surface area contributed by atoms with Crippen LogP contribution in [0.3, 0.4) is 0 Å². The summed E-state index contributed by atoms with van der Waals surface area (Å²) >= 11 is 0. The minimum atomic E-state index is 0.274. The molecule has 1 atom stereocenters. The second-order valence-corrected chi connectivity index (χ2v) is 5.93. The molecular weight excluding hydrogens is 268 g/mol. The largest absolute Gasteiger partial charge is 0.286 e. The molecule has 1 aliphatic rings. The SMILES string of the molecule is CC(C)c1n[nH]c(C2CCCCN2Cc2nnnn2C)n1. The van der Waals surface area contributed by atoms with Crippen LogP contribution >= 0.6 is 0 Å². The molecule has 0 amide bonds. The number of nitrogens with zero attached hydrogens (tertiary/aromatic N) is 7. The third kappa shape index (κ3) is 2.94. The molecule has 21 heavy (non-hydrogen) atoms. The molecule has 1 fully saturated rings. The van der Waals surface area contributed by atoms with Crippen LogP contribution < -0.4 is 0 Å². The first-order valence-corrected chi connectivity index (χ1v) is 7.52. The minimum Gasteiger partial charge on any atom is -0.286 e. The average molecular weight is 290 g/mol. The van der Waals surface area contributed by atoms with Crippen molar-refractivity contribution < 1.29 is 0 Å². The highest BCUT2D eigenvalue weighted by Gasteiger charge is 2.28. The number of hydrogen-bond donors (Lipinski definition) is 1. The van der Waals surface area contributed by atoms with Gasteiger partial charge in [-0.1, -0.05) is 20.3 Å². The van der Waals surface area contributed by atoms with Gasteiger partial charge in [0.25, 0.3) is 0 Å². The van der Waals surface area contributed by atoms with E-state index < -0.39 is 0 Å². The first kappa shape index (κ1) is 14.1. The van der Waals surface area contributed by atoms with Crippen molar-refractivity contribution in [2.75, 3.05) is 6.54 Å². The highest BCUT2D eigenvalue weighted by Crippen LogP contribution is 2.30. The van der Waals surface area contributed by atoms with Crippen molar-refractivity contribution in [2.24, 2.45) is 7.05 Å². The van der Waals surface area contributed by atoms with Gasteiger partial charge < -0.3 is 0 Å².